The average molecular weight is 427 g/mol. The van der Waals surface area contributed by atoms with Gasteiger partial charge < -0.3 is 14.4 Å². The molecular weight excluding hydrogens is 396 g/mol. The van der Waals surface area contributed by atoms with Gasteiger partial charge in [-0.1, -0.05) is 15.9 Å². The predicted octanol–water partition coefficient (Wildman–Crippen LogP) is 4.39. The summed E-state index contributed by atoms with van der Waals surface area (Å²) in [6.45, 7) is 15.7. The van der Waals surface area contributed by atoms with Crippen molar-refractivity contribution < 1.29 is 14.3 Å². The molecular formula is C20H31BrN2O3. The zero-order chi connectivity index (χ0) is 19.5. The van der Waals surface area contributed by atoms with E-state index in [9.17, 15) is 4.79 Å². The van der Waals surface area contributed by atoms with Crippen LogP contribution in [0.15, 0.2) is 16.6 Å². The molecule has 0 N–H and O–H groups in total. The summed E-state index contributed by atoms with van der Waals surface area (Å²) in [7, 11) is 0. The molecule has 1 saturated heterocycles. The largest absolute Gasteiger partial charge is 0.492 e. The quantitative estimate of drug-likeness (QED) is 0.715. The van der Waals surface area contributed by atoms with Crippen molar-refractivity contribution in [3.05, 3.63) is 27.7 Å². The number of benzene rings is 1. The predicted molar refractivity (Wildman–Crippen MR) is 108 cm³/mol. The van der Waals surface area contributed by atoms with Crippen molar-refractivity contribution in [2.75, 3.05) is 32.8 Å². The molecule has 146 valence electrons. The third kappa shape index (κ3) is 5.88. The third-order valence-corrected chi connectivity index (χ3v) is 5.72. The molecule has 6 heteroatoms. The Morgan fingerprint density at radius 3 is 2.38 bits per heavy atom. The fraction of sp³-hybridized carbons (Fsp3) is 0.650. The summed E-state index contributed by atoms with van der Waals surface area (Å²) in [6, 6.07) is 4.40. The molecule has 1 amide bonds. The Hall–Kier alpha value is -1.27. The molecule has 1 aromatic carbocycles. The van der Waals surface area contributed by atoms with Crippen LogP contribution in [0.5, 0.6) is 5.75 Å². The Kier molecular flexibility index (Phi) is 6.97. The van der Waals surface area contributed by atoms with E-state index < -0.39 is 5.60 Å². The van der Waals surface area contributed by atoms with Gasteiger partial charge in [0.1, 0.15) is 18.0 Å². The van der Waals surface area contributed by atoms with Crippen molar-refractivity contribution in [3.8, 4) is 5.75 Å². The van der Waals surface area contributed by atoms with Gasteiger partial charge in [-0.05, 0) is 64.8 Å². The molecule has 0 radical (unpaired) electrons. The first kappa shape index (κ1) is 21.0. The van der Waals surface area contributed by atoms with E-state index in [1.54, 1.807) is 4.90 Å². The number of hydrogen-bond acceptors (Lipinski definition) is 4. The molecule has 0 aliphatic carbocycles. The highest BCUT2D eigenvalue weighted by Gasteiger charge is 2.29. The smallest absolute Gasteiger partial charge is 0.410 e. The van der Waals surface area contributed by atoms with E-state index in [2.05, 4.69) is 53.7 Å². The van der Waals surface area contributed by atoms with Gasteiger partial charge in [0.2, 0.25) is 0 Å². The lowest BCUT2D eigenvalue weighted by molar-refractivity contribution is 0.00430. The number of rotatable bonds is 4. The second-order valence-corrected chi connectivity index (χ2v) is 8.82. The van der Waals surface area contributed by atoms with Crippen molar-refractivity contribution in [3.63, 3.8) is 0 Å². The lowest BCUT2D eigenvalue weighted by Crippen LogP contribution is -2.55. The van der Waals surface area contributed by atoms with Gasteiger partial charge in [-0.25, -0.2) is 4.79 Å². The SMILES string of the molecule is Cc1cc(OCCN2CCN(C(=O)OC(C)(C)C)CC2C)cc(C)c1Br. The van der Waals surface area contributed by atoms with Crippen LogP contribution in [0, 0.1) is 13.8 Å². The van der Waals surface area contributed by atoms with E-state index >= 15 is 0 Å². The molecule has 1 aliphatic rings. The minimum absolute atomic E-state index is 0.221. The summed E-state index contributed by atoms with van der Waals surface area (Å²) in [4.78, 5) is 16.4. The standard InChI is InChI=1S/C20H31BrN2O3/c1-14-11-17(12-15(2)18(14)21)25-10-9-22-7-8-23(13-16(22)3)19(24)26-20(4,5)6/h11-12,16H,7-10,13H2,1-6H3. The lowest BCUT2D eigenvalue weighted by Gasteiger charge is -2.40. The van der Waals surface area contributed by atoms with Crippen LogP contribution >= 0.6 is 15.9 Å². The summed E-state index contributed by atoms with van der Waals surface area (Å²) in [5.74, 6) is 0.906. The summed E-state index contributed by atoms with van der Waals surface area (Å²) >= 11 is 3.58. The van der Waals surface area contributed by atoms with Crippen molar-refractivity contribution in [2.45, 2.75) is 53.2 Å². The van der Waals surface area contributed by atoms with E-state index in [0.717, 1.165) is 23.3 Å². The highest BCUT2D eigenvalue weighted by Crippen LogP contribution is 2.26. The van der Waals surface area contributed by atoms with Crippen LogP contribution in [-0.2, 0) is 4.74 Å². The van der Waals surface area contributed by atoms with Gasteiger partial charge >= 0.3 is 6.09 Å². The highest BCUT2D eigenvalue weighted by atomic mass is 79.9. The second kappa shape index (κ2) is 8.61. The topological polar surface area (TPSA) is 42.0 Å². The van der Waals surface area contributed by atoms with Gasteiger partial charge in [0.25, 0.3) is 0 Å². The van der Waals surface area contributed by atoms with Gasteiger partial charge in [0.15, 0.2) is 0 Å². The summed E-state index contributed by atoms with van der Waals surface area (Å²) in [5, 5.41) is 0. The number of amides is 1. The van der Waals surface area contributed by atoms with Crippen molar-refractivity contribution in [1.29, 1.82) is 0 Å². The molecule has 26 heavy (non-hydrogen) atoms. The van der Waals surface area contributed by atoms with Crippen LogP contribution in [0.1, 0.15) is 38.8 Å². The minimum Gasteiger partial charge on any atom is -0.492 e. The van der Waals surface area contributed by atoms with Crippen molar-refractivity contribution in [2.24, 2.45) is 0 Å². The molecule has 0 spiro atoms. The van der Waals surface area contributed by atoms with Crippen LogP contribution < -0.4 is 4.74 Å². The first-order chi connectivity index (χ1) is 12.1. The normalized spacial score (nSPS) is 18.7. The van der Waals surface area contributed by atoms with Gasteiger partial charge in [-0.3, -0.25) is 4.90 Å². The lowest BCUT2D eigenvalue weighted by atomic mass is 10.1. The molecule has 0 bridgehead atoms. The van der Waals surface area contributed by atoms with E-state index in [1.807, 2.05) is 20.8 Å². The van der Waals surface area contributed by atoms with Crippen LogP contribution in [0.4, 0.5) is 4.79 Å². The Labute approximate surface area is 165 Å². The molecule has 2 rings (SSSR count). The van der Waals surface area contributed by atoms with Crippen LogP contribution in [-0.4, -0.2) is 60.3 Å². The van der Waals surface area contributed by atoms with Gasteiger partial charge in [-0.15, -0.1) is 0 Å². The Morgan fingerprint density at radius 2 is 1.85 bits per heavy atom. The number of aryl methyl sites for hydroxylation is 2. The number of halogens is 1. The molecule has 1 atom stereocenters. The monoisotopic (exact) mass is 426 g/mol. The Balaban J connectivity index is 1.81. The molecule has 1 aromatic rings. The Bertz CT molecular complexity index is 619. The molecule has 5 nitrogen and oxygen atoms in total. The number of hydrogen-bond donors (Lipinski definition) is 0. The van der Waals surface area contributed by atoms with Gasteiger partial charge in [-0.2, -0.15) is 0 Å². The first-order valence-electron chi connectivity index (χ1n) is 9.18. The van der Waals surface area contributed by atoms with Gasteiger partial charge in [0.05, 0.1) is 0 Å². The zero-order valence-corrected chi connectivity index (χ0v) is 18.4. The fourth-order valence-electron chi connectivity index (χ4n) is 3.09. The minimum atomic E-state index is -0.452. The molecule has 1 fully saturated rings. The van der Waals surface area contributed by atoms with E-state index in [-0.39, 0.29) is 12.1 Å². The Morgan fingerprint density at radius 1 is 1.23 bits per heavy atom. The van der Waals surface area contributed by atoms with Crippen molar-refractivity contribution >= 4 is 22.0 Å². The summed E-state index contributed by atoms with van der Waals surface area (Å²) in [6.07, 6.45) is -0.221. The summed E-state index contributed by atoms with van der Waals surface area (Å²) in [5.41, 5.74) is 1.91. The molecule has 0 saturated carbocycles. The molecule has 1 heterocycles. The van der Waals surface area contributed by atoms with Crippen molar-refractivity contribution in [1.82, 2.24) is 9.80 Å². The highest BCUT2D eigenvalue weighted by molar-refractivity contribution is 9.10. The van der Waals surface area contributed by atoms with E-state index in [1.165, 1.54) is 11.1 Å². The van der Waals surface area contributed by atoms with Gasteiger partial charge in [0, 0.05) is 36.7 Å². The van der Waals surface area contributed by atoms with Crippen LogP contribution in [0.2, 0.25) is 0 Å². The average Bonchev–Trinajstić information content (AvgIpc) is 2.52. The zero-order valence-electron chi connectivity index (χ0n) is 16.8. The molecule has 1 aliphatic heterocycles. The number of carbonyl (C=O) groups is 1. The summed E-state index contributed by atoms with van der Waals surface area (Å²) < 4.78 is 12.6. The number of piperazine rings is 1. The number of carbonyl (C=O) groups excluding carboxylic acids is 1. The fourth-order valence-corrected chi connectivity index (χ4v) is 3.32. The molecule has 1 unspecified atom stereocenters. The van der Waals surface area contributed by atoms with E-state index in [4.69, 9.17) is 9.47 Å². The van der Waals surface area contributed by atoms with Crippen LogP contribution in [0.3, 0.4) is 0 Å². The van der Waals surface area contributed by atoms with Crippen LogP contribution in [0.25, 0.3) is 0 Å². The molecule has 0 aromatic heterocycles. The maximum atomic E-state index is 12.2. The first-order valence-corrected chi connectivity index (χ1v) is 9.97. The maximum Gasteiger partial charge on any atom is 0.410 e. The number of nitrogens with zero attached hydrogens (tertiary/aromatic N) is 2. The number of ether oxygens (including phenoxy) is 2. The maximum absolute atomic E-state index is 12.2. The second-order valence-electron chi connectivity index (χ2n) is 8.03. The van der Waals surface area contributed by atoms with E-state index in [0.29, 0.717) is 19.7 Å². The third-order valence-electron chi connectivity index (χ3n) is 4.47.